The first kappa shape index (κ1) is 18.0. The summed E-state index contributed by atoms with van der Waals surface area (Å²) in [5.41, 5.74) is 11.4. The van der Waals surface area contributed by atoms with Crippen molar-refractivity contribution in [1.29, 1.82) is 0 Å². The van der Waals surface area contributed by atoms with Crippen molar-refractivity contribution in [3.05, 3.63) is 42.0 Å². The van der Waals surface area contributed by atoms with Crippen LogP contribution in [-0.2, 0) is 4.79 Å². The van der Waals surface area contributed by atoms with Gasteiger partial charge >= 0.3 is 0 Å². The smallest absolute Gasteiger partial charge is 0.243 e. The Morgan fingerprint density at radius 1 is 1.20 bits per heavy atom. The molecule has 0 saturated heterocycles. The van der Waals surface area contributed by atoms with Crippen LogP contribution in [0.15, 0.2) is 41.4 Å². The lowest BCUT2D eigenvalue weighted by molar-refractivity contribution is -0.116. The number of halogens is 1. The Morgan fingerprint density at radius 2 is 1.90 bits per heavy atom. The van der Waals surface area contributed by atoms with E-state index in [9.17, 15) is 4.79 Å². The third kappa shape index (κ3) is 8.99. The Labute approximate surface area is 125 Å². The van der Waals surface area contributed by atoms with Gasteiger partial charge in [0.05, 0.1) is 0 Å². The van der Waals surface area contributed by atoms with E-state index in [0.29, 0.717) is 13.1 Å². The van der Waals surface area contributed by atoms with Gasteiger partial charge in [0.15, 0.2) is 5.96 Å². The Balaban J connectivity index is 0.00000361. The number of nitrogens with zero attached hydrogens (tertiary/aromatic N) is 1. The molecule has 0 aliphatic heterocycles. The third-order valence-corrected chi connectivity index (χ3v) is 2.41. The number of carbonyl (C=O) groups is 1. The molecule has 5 nitrogen and oxygen atoms in total. The number of amides is 1. The molecule has 110 valence electrons. The molecule has 0 fully saturated rings. The number of rotatable bonds is 7. The van der Waals surface area contributed by atoms with Crippen LogP contribution in [0.3, 0.4) is 0 Å². The molecule has 0 spiro atoms. The Morgan fingerprint density at radius 3 is 2.55 bits per heavy atom. The summed E-state index contributed by atoms with van der Waals surface area (Å²) in [5, 5.41) is 2.80. The normalized spacial score (nSPS) is 9.80. The molecule has 1 rings (SSSR count). The van der Waals surface area contributed by atoms with Gasteiger partial charge < -0.3 is 16.8 Å². The molecule has 0 bridgehead atoms. The van der Waals surface area contributed by atoms with Gasteiger partial charge in [-0.15, -0.1) is 12.4 Å². The van der Waals surface area contributed by atoms with Crippen LogP contribution in [0, 0.1) is 0 Å². The van der Waals surface area contributed by atoms with Crippen molar-refractivity contribution in [2.45, 2.75) is 12.8 Å². The third-order valence-electron chi connectivity index (χ3n) is 2.41. The minimum atomic E-state index is -0.0920. The monoisotopic (exact) mass is 296 g/mol. The van der Waals surface area contributed by atoms with Crippen molar-refractivity contribution >= 4 is 30.3 Å². The summed E-state index contributed by atoms with van der Waals surface area (Å²) >= 11 is 0. The highest BCUT2D eigenvalue weighted by molar-refractivity contribution is 5.91. The highest BCUT2D eigenvalue weighted by atomic mass is 35.5. The summed E-state index contributed by atoms with van der Waals surface area (Å²) in [5.74, 6) is 0.0144. The fraction of sp³-hybridized carbons (Fsp3) is 0.286. The maximum absolute atomic E-state index is 11.5. The predicted molar refractivity (Wildman–Crippen MR) is 85.6 cm³/mol. The van der Waals surface area contributed by atoms with Gasteiger partial charge in [0.25, 0.3) is 0 Å². The zero-order valence-corrected chi connectivity index (χ0v) is 12.1. The van der Waals surface area contributed by atoms with Gasteiger partial charge in [0.1, 0.15) is 0 Å². The van der Waals surface area contributed by atoms with Crippen molar-refractivity contribution in [3.63, 3.8) is 0 Å². The van der Waals surface area contributed by atoms with Crippen LogP contribution in [0.2, 0.25) is 0 Å². The predicted octanol–water partition coefficient (Wildman–Crippen LogP) is 1.29. The van der Waals surface area contributed by atoms with Gasteiger partial charge in [-0.25, -0.2) is 0 Å². The van der Waals surface area contributed by atoms with Gasteiger partial charge in [0.2, 0.25) is 5.91 Å². The summed E-state index contributed by atoms with van der Waals surface area (Å²) in [6.45, 7) is 1.22. The van der Waals surface area contributed by atoms with Crippen LogP contribution in [0.1, 0.15) is 18.4 Å². The lowest BCUT2D eigenvalue weighted by Crippen LogP contribution is -2.24. The van der Waals surface area contributed by atoms with Crippen molar-refractivity contribution in [1.82, 2.24) is 5.32 Å². The van der Waals surface area contributed by atoms with Gasteiger partial charge in [-0.3, -0.25) is 9.79 Å². The Bertz CT molecular complexity index is 442. The molecule has 1 aromatic rings. The lowest BCUT2D eigenvalue weighted by atomic mass is 10.2. The SMILES string of the molecule is Cl.NC(N)=NCCCCNC(=O)/C=C/c1ccccc1. The highest BCUT2D eigenvalue weighted by Gasteiger charge is 1.94. The van der Waals surface area contributed by atoms with E-state index in [1.54, 1.807) is 6.08 Å². The molecule has 0 aromatic heterocycles. The molecule has 0 saturated carbocycles. The Kier molecular flexibility index (Phi) is 9.78. The van der Waals surface area contributed by atoms with Crippen LogP contribution in [0.25, 0.3) is 6.08 Å². The molecule has 1 aromatic carbocycles. The number of nitrogens with two attached hydrogens (primary N) is 2. The number of hydrogen-bond donors (Lipinski definition) is 3. The topological polar surface area (TPSA) is 93.5 Å². The fourth-order valence-corrected chi connectivity index (χ4v) is 1.45. The zero-order valence-electron chi connectivity index (χ0n) is 11.3. The summed E-state index contributed by atoms with van der Waals surface area (Å²) in [6.07, 6.45) is 5.02. The summed E-state index contributed by atoms with van der Waals surface area (Å²) in [7, 11) is 0. The maximum atomic E-state index is 11.5. The Hall–Kier alpha value is -2.01. The van der Waals surface area contributed by atoms with E-state index in [-0.39, 0.29) is 24.3 Å². The first-order valence-corrected chi connectivity index (χ1v) is 6.25. The molecule has 20 heavy (non-hydrogen) atoms. The number of unbranched alkanes of at least 4 members (excludes halogenated alkanes) is 1. The number of carbonyl (C=O) groups excluding carboxylic acids is 1. The molecular formula is C14H21ClN4O. The summed E-state index contributed by atoms with van der Waals surface area (Å²) in [6, 6.07) is 9.69. The van der Waals surface area contributed by atoms with Gasteiger partial charge in [-0.1, -0.05) is 30.3 Å². The van der Waals surface area contributed by atoms with E-state index in [1.807, 2.05) is 30.3 Å². The molecule has 0 radical (unpaired) electrons. The molecule has 6 heteroatoms. The summed E-state index contributed by atoms with van der Waals surface area (Å²) in [4.78, 5) is 15.4. The zero-order chi connectivity index (χ0) is 13.9. The molecule has 1 amide bonds. The van der Waals surface area contributed by atoms with Gasteiger partial charge in [0, 0.05) is 19.2 Å². The van der Waals surface area contributed by atoms with E-state index < -0.39 is 0 Å². The molecule has 0 atom stereocenters. The number of aliphatic imine (C=N–C) groups is 1. The number of nitrogens with one attached hydrogen (secondary N) is 1. The molecule has 5 N–H and O–H groups in total. The van der Waals surface area contributed by atoms with Gasteiger partial charge in [-0.05, 0) is 24.5 Å². The van der Waals surface area contributed by atoms with Crippen LogP contribution >= 0.6 is 12.4 Å². The number of benzene rings is 1. The average Bonchev–Trinajstić information content (AvgIpc) is 2.41. The number of hydrogen-bond acceptors (Lipinski definition) is 2. The van der Waals surface area contributed by atoms with E-state index in [1.165, 1.54) is 6.08 Å². The second kappa shape index (κ2) is 10.9. The molecule has 0 aliphatic carbocycles. The van der Waals surface area contributed by atoms with Crippen LogP contribution in [0.4, 0.5) is 0 Å². The lowest BCUT2D eigenvalue weighted by Gasteiger charge is -2.01. The minimum Gasteiger partial charge on any atom is -0.370 e. The summed E-state index contributed by atoms with van der Waals surface area (Å²) < 4.78 is 0. The van der Waals surface area contributed by atoms with Crippen molar-refractivity contribution < 1.29 is 4.79 Å². The minimum absolute atomic E-state index is 0. The number of guanidine groups is 1. The highest BCUT2D eigenvalue weighted by Crippen LogP contribution is 2.00. The van der Waals surface area contributed by atoms with Crippen molar-refractivity contribution in [3.8, 4) is 0 Å². The quantitative estimate of drug-likeness (QED) is 0.306. The largest absolute Gasteiger partial charge is 0.370 e. The van der Waals surface area contributed by atoms with Crippen molar-refractivity contribution in [2.75, 3.05) is 13.1 Å². The van der Waals surface area contributed by atoms with Crippen LogP contribution < -0.4 is 16.8 Å². The second-order valence-corrected chi connectivity index (χ2v) is 4.05. The standard InChI is InChI=1S/C14H20N4O.ClH/c15-14(16)18-11-5-4-10-17-13(19)9-8-12-6-2-1-3-7-12;/h1-3,6-9H,4-5,10-11H2,(H,17,19)(H4,15,16,18);1H/b9-8+;. The van der Waals surface area contributed by atoms with Gasteiger partial charge in [-0.2, -0.15) is 0 Å². The molecule has 0 unspecified atom stereocenters. The first-order chi connectivity index (χ1) is 9.18. The van der Waals surface area contributed by atoms with Crippen LogP contribution in [-0.4, -0.2) is 25.0 Å². The van der Waals surface area contributed by atoms with E-state index in [2.05, 4.69) is 10.3 Å². The first-order valence-electron chi connectivity index (χ1n) is 6.25. The average molecular weight is 297 g/mol. The second-order valence-electron chi connectivity index (χ2n) is 4.05. The van der Waals surface area contributed by atoms with E-state index in [0.717, 1.165) is 18.4 Å². The maximum Gasteiger partial charge on any atom is 0.243 e. The molecular weight excluding hydrogens is 276 g/mol. The fourth-order valence-electron chi connectivity index (χ4n) is 1.45. The molecule has 0 aliphatic rings. The van der Waals surface area contributed by atoms with Crippen molar-refractivity contribution in [2.24, 2.45) is 16.5 Å². The molecule has 0 heterocycles. The van der Waals surface area contributed by atoms with E-state index >= 15 is 0 Å². The van der Waals surface area contributed by atoms with E-state index in [4.69, 9.17) is 11.5 Å². The van der Waals surface area contributed by atoms with Crippen LogP contribution in [0.5, 0.6) is 0 Å².